The van der Waals surface area contributed by atoms with E-state index in [1.807, 2.05) is 18.2 Å². The molecule has 0 amide bonds. The van der Waals surface area contributed by atoms with E-state index in [1.165, 1.54) is 23.3 Å². The Morgan fingerprint density at radius 2 is 1.63 bits per heavy atom. The van der Waals surface area contributed by atoms with Crippen molar-refractivity contribution in [2.45, 2.75) is 25.2 Å². The molecular formula is C17H18BrF. The average Bonchev–Trinajstić information content (AvgIpc) is 2.48. The van der Waals surface area contributed by atoms with Crippen LogP contribution in [0.15, 0.2) is 54.6 Å². The molecule has 1 atom stereocenters. The van der Waals surface area contributed by atoms with Crippen LogP contribution >= 0.6 is 15.9 Å². The minimum atomic E-state index is -0.176. The molecule has 1 unspecified atom stereocenters. The molecule has 0 aliphatic rings. The van der Waals surface area contributed by atoms with Gasteiger partial charge in [0.1, 0.15) is 5.82 Å². The molecule has 2 aromatic rings. The maximum atomic E-state index is 13.0. The van der Waals surface area contributed by atoms with Crippen LogP contribution in [0, 0.1) is 5.82 Å². The quantitative estimate of drug-likeness (QED) is 0.671. The maximum Gasteiger partial charge on any atom is 0.123 e. The molecule has 19 heavy (non-hydrogen) atoms. The molecular weight excluding hydrogens is 303 g/mol. The van der Waals surface area contributed by atoms with E-state index in [-0.39, 0.29) is 11.2 Å². The third-order valence-electron chi connectivity index (χ3n) is 3.77. The Bertz CT molecular complexity index is 501. The minimum Gasteiger partial charge on any atom is -0.207 e. The van der Waals surface area contributed by atoms with Gasteiger partial charge in [-0.15, -0.1) is 0 Å². The number of hydrogen-bond acceptors (Lipinski definition) is 0. The highest BCUT2D eigenvalue weighted by Crippen LogP contribution is 2.34. The Hall–Kier alpha value is -1.15. The van der Waals surface area contributed by atoms with Crippen LogP contribution < -0.4 is 0 Å². The van der Waals surface area contributed by atoms with Gasteiger partial charge >= 0.3 is 0 Å². The molecule has 0 aromatic heterocycles. The smallest absolute Gasteiger partial charge is 0.123 e. The van der Waals surface area contributed by atoms with Crippen molar-refractivity contribution >= 4 is 15.9 Å². The van der Waals surface area contributed by atoms with Crippen LogP contribution in [0.25, 0.3) is 0 Å². The van der Waals surface area contributed by atoms with Crippen molar-refractivity contribution in [3.05, 3.63) is 71.5 Å². The predicted molar refractivity (Wildman–Crippen MR) is 82.3 cm³/mol. The standard InChI is InChI=1S/C17H18BrF/c1-2-17(13-18,15-6-4-3-5-7-15)12-14-8-10-16(19)11-9-14/h3-11H,2,12-13H2,1H3. The Morgan fingerprint density at radius 1 is 1.00 bits per heavy atom. The van der Waals surface area contributed by atoms with E-state index in [9.17, 15) is 4.39 Å². The Morgan fingerprint density at radius 3 is 2.16 bits per heavy atom. The second-order valence-corrected chi connectivity index (χ2v) is 5.50. The zero-order valence-electron chi connectivity index (χ0n) is 11.1. The van der Waals surface area contributed by atoms with Gasteiger partial charge in [-0.3, -0.25) is 0 Å². The van der Waals surface area contributed by atoms with Crippen LogP contribution in [0.1, 0.15) is 24.5 Å². The van der Waals surface area contributed by atoms with Crippen molar-refractivity contribution in [3.8, 4) is 0 Å². The normalized spacial score (nSPS) is 14.1. The molecule has 100 valence electrons. The van der Waals surface area contributed by atoms with Crippen molar-refractivity contribution < 1.29 is 4.39 Å². The first kappa shape index (κ1) is 14.3. The van der Waals surface area contributed by atoms with Gasteiger partial charge in [0.05, 0.1) is 0 Å². The molecule has 0 saturated carbocycles. The number of rotatable bonds is 5. The first-order valence-electron chi connectivity index (χ1n) is 6.56. The van der Waals surface area contributed by atoms with Crippen LogP contribution in [-0.2, 0) is 11.8 Å². The van der Waals surface area contributed by atoms with E-state index in [0.717, 1.165) is 18.2 Å². The molecule has 2 rings (SSSR count). The van der Waals surface area contributed by atoms with Crippen LogP contribution in [-0.4, -0.2) is 5.33 Å². The maximum absolute atomic E-state index is 13.0. The summed E-state index contributed by atoms with van der Waals surface area (Å²) in [4.78, 5) is 0. The Labute approximate surface area is 122 Å². The predicted octanol–water partition coefficient (Wildman–Crippen LogP) is 5.11. The van der Waals surface area contributed by atoms with Gasteiger partial charge < -0.3 is 0 Å². The number of benzene rings is 2. The van der Waals surface area contributed by atoms with E-state index in [2.05, 4.69) is 47.1 Å². The summed E-state index contributed by atoms with van der Waals surface area (Å²) in [6.45, 7) is 2.21. The summed E-state index contributed by atoms with van der Waals surface area (Å²) < 4.78 is 13.0. The summed E-state index contributed by atoms with van der Waals surface area (Å²) >= 11 is 3.67. The van der Waals surface area contributed by atoms with Crippen molar-refractivity contribution in [2.75, 3.05) is 5.33 Å². The van der Waals surface area contributed by atoms with Crippen LogP contribution in [0.5, 0.6) is 0 Å². The fraction of sp³-hybridized carbons (Fsp3) is 0.294. The number of alkyl halides is 1. The lowest BCUT2D eigenvalue weighted by Gasteiger charge is -2.32. The average molecular weight is 321 g/mol. The fourth-order valence-corrected chi connectivity index (χ4v) is 3.35. The van der Waals surface area contributed by atoms with Gasteiger partial charge in [0, 0.05) is 10.7 Å². The molecule has 0 bridgehead atoms. The van der Waals surface area contributed by atoms with E-state index in [0.29, 0.717) is 0 Å². The second kappa shape index (κ2) is 6.33. The minimum absolute atomic E-state index is 0.0685. The third-order valence-corrected chi connectivity index (χ3v) is 4.85. The largest absolute Gasteiger partial charge is 0.207 e. The summed E-state index contributed by atoms with van der Waals surface area (Å²) in [5, 5.41) is 0.901. The third kappa shape index (κ3) is 3.24. The molecule has 0 fully saturated rings. The first-order chi connectivity index (χ1) is 9.20. The molecule has 0 nitrogen and oxygen atoms in total. The fourth-order valence-electron chi connectivity index (χ4n) is 2.43. The lowest BCUT2D eigenvalue weighted by Crippen LogP contribution is -2.30. The monoisotopic (exact) mass is 320 g/mol. The number of hydrogen-bond donors (Lipinski definition) is 0. The van der Waals surface area contributed by atoms with E-state index in [4.69, 9.17) is 0 Å². The Kier molecular flexibility index (Phi) is 4.76. The molecule has 0 heterocycles. The topological polar surface area (TPSA) is 0 Å². The molecule has 0 saturated heterocycles. The zero-order valence-corrected chi connectivity index (χ0v) is 12.7. The summed E-state index contributed by atoms with van der Waals surface area (Å²) in [6.07, 6.45) is 1.96. The van der Waals surface area contributed by atoms with E-state index >= 15 is 0 Å². The van der Waals surface area contributed by atoms with Crippen molar-refractivity contribution in [1.29, 1.82) is 0 Å². The number of halogens is 2. The summed E-state index contributed by atoms with van der Waals surface area (Å²) in [5.41, 5.74) is 2.57. The molecule has 0 spiro atoms. The first-order valence-corrected chi connectivity index (χ1v) is 7.68. The van der Waals surface area contributed by atoms with Crippen LogP contribution in [0.3, 0.4) is 0 Å². The van der Waals surface area contributed by atoms with Crippen molar-refractivity contribution in [1.82, 2.24) is 0 Å². The summed E-state index contributed by atoms with van der Waals surface area (Å²) in [7, 11) is 0. The highest BCUT2D eigenvalue weighted by Gasteiger charge is 2.29. The molecule has 0 radical (unpaired) electrons. The van der Waals surface area contributed by atoms with Crippen molar-refractivity contribution in [3.63, 3.8) is 0 Å². The highest BCUT2D eigenvalue weighted by molar-refractivity contribution is 9.09. The van der Waals surface area contributed by atoms with Crippen LogP contribution in [0.2, 0.25) is 0 Å². The molecule has 2 heteroatoms. The lowest BCUT2D eigenvalue weighted by molar-refractivity contribution is 0.464. The molecule has 0 N–H and O–H groups in total. The van der Waals surface area contributed by atoms with Gasteiger partial charge in [-0.25, -0.2) is 4.39 Å². The second-order valence-electron chi connectivity index (χ2n) is 4.94. The van der Waals surface area contributed by atoms with Gasteiger partial charge in [-0.2, -0.15) is 0 Å². The van der Waals surface area contributed by atoms with Crippen molar-refractivity contribution in [2.24, 2.45) is 0 Å². The van der Waals surface area contributed by atoms with Gasteiger partial charge in [0.25, 0.3) is 0 Å². The van der Waals surface area contributed by atoms with E-state index < -0.39 is 0 Å². The lowest BCUT2D eigenvalue weighted by atomic mass is 9.75. The summed E-state index contributed by atoms with van der Waals surface area (Å²) in [5.74, 6) is -0.176. The summed E-state index contributed by atoms with van der Waals surface area (Å²) in [6, 6.07) is 17.4. The van der Waals surface area contributed by atoms with E-state index in [1.54, 1.807) is 0 Å². The van der Waals surface area contributed by atoms with Gasteiger partial charge in [-0.05, 0) is 36.1 Å². The van der Waals surface area contributed by atoms with Gasteiger partial charge in [0.2, 0.25) is 0 Å². The Balaban J connectivity index is 2.32. The van der Waals surface area contributed by atoms with Gasteiger partial charge in [0.15, 0.2) is 0 Å². The van der Waals surface area contributed by atoms with Crippen LogP contribution in [0.4, 0.5) is 4.39 Å². The molecule has 2 aromatic carbocycles. The highest BCUT2D eigenvalue weighted by atomic mass is 79.9. The molecule has 0 aliphatic carbocycles. The van der Waals surface area contributed by atoms with Gasteiger partial charge in [-0.1, -0.05) is 65.3 Å². The molecule has 0 aliphatic heterocycles. The zero-order chi connectivity index (χ0) is 13.7. The SMILES string of the molecule is CCC(CBr)(Cc1ccc(F)cc1)c1ccccc1.